The lowest BCUT2D eigenvalue weighted by Gasteiger charge is -2.30. The summed E-state index contributed by atoms with van der Waals surface area (Å²) in [6.45, 7) is 4.40. The highest BCUT2D eigenvalue weighted by molar-refractivity contribution is 5.94. The number of nitrogens with two attached hydrogens (primary N) is 3. The molecule has 216 valence electrons. The van der Waals surface area contributed by atoms with Crippen molar-refractivity contribution in [3.63, 3.8) is 0 Å². The number of nitrogens with one attached hydrogen (secondary N) is 2. The molecule has 1 aliphatic rings. The highest BCUT2D eigenvalue weighted by Crippen LogP contribution is 2.21. The molecule has 2 rings (SSSR count). The Morgan fingerprint density at radius 1 is 1.13 bits per heavy atom. The Kier molecular flexibility index (Phi) is 12.0. The van der Waals surface area contributed by atoms with Crippen LogP contribution in [0.2, 0.25) is 0 Å². The second kappa shape index (κ2) is 14.9. The molecule has 39 heavy (non-hydrogen) atoms. The summed E-state index contributed by atoms with van der Waals surface area (Å²) in [5.74, 6) is -2.90. The molecule has 10 N–H and O–H groups in total. The van der Waals surface area contributed by atoms with E-state index in [1.54, 1.807) is 12.1 Å². The van der Waals surface area contributed by atoms with Crippen molar-refractivity contribution in [1.29, 1.82) is 0 Å². The molecule has 1 heterocycles. The average Bonchev–Trinajstić information content (AvgIpc) is 3.39. The normalized spacial score (nSPS) is 17.9. The van der Waals surface area contributed by atoms with Crippen molar-refractivity contribution >= 4 is 29.7 Å². The number of hydrogen-bond donors (Lipinski definition) is 7. The van der Waals surface area contributed by atoms with Crippen molar-refractivity contribution in [1.82, 2.24) is 15.5 Å². The number of aliphatic carboxylic acids is 1. The topological polar surface area (TPSA) is 226 Å². The number of carbonyl (C=O) groups excluding carboxylic acids is 3. The van der Waals surface area contributed by atoms with Gasteiger partial charge in [-0.05, 0) is 49.3 Å². The maximum absolute atomic E-state index is 13.3. The van der Waals surface area contributed by atoms with Gasteiger partial charge in [-0.2, -0.15) is 0 Å². The number of guanidine groups is 1. The van der Waals surface area contributed by atoms with Crippen LogP contribution in [0.1, 0.15) is 51.5 Å². The second-order valence-electron chi connectivity index (χ2n) is 9.88. The molecule has 0 aromatic heterocycles. The number of rotatable bonds is 14. The zero-order valence-electron chi connectivity index (χ0n) is 22.5. The summed E-state index contributed by atoms with van der Waals surface area (Å²) < 4.78 is 0. The maximum atomic E-state index is 13.3. The number of amides is 3. The van der Waals surface area contributed by atoms with Gasteiger partial charge in [-0.1, -0.05) is 32.4 Å². The first kappa shape index (κ1) is 31.3. The molecular weight excluding hydrogens is 506 g/mol. The van der Waals surface area contributed by atoms with Crippen molar-refractivity contribution in [2.45, 2.75) is 76.5 Å². The number of phenolic OH excluding ortho intramolecular Hbond substituents is 1. The molecule has 0 bridgehead atoms. The number of carbonyl (C=O) groups is 4. The van der Waals surface area contributed by atoms with E-state index in [0.717, 1.165) is 0 Å². The van der Waals surface area contributed by atoms with Crippen LogP contribution < -0.4 is 27.8 Å². The summed E-state index contributed by atoms with van der Waals surface area (Å²) in [6.07, 6.45) is 2.18. The summed E-state index contributed by atoms with van der Waals surface area (Å²) in [5.41, 5.74) is 17.5. The van der Waals surface area contributed by atoms with Gasteiger partial charge >= 0.3 is 5.97 Å². The molecule has 1 saturated heterocycles. The molecule has 0 aliphatic carbocycles. The Morgan fingerprint density at radius 2 is 1.79 bits per heavy atom. The van der Waals surface area contributed by atoms with E-state index in [9.17, 15) is 29.4 Å². The molecule has 13 nitrogen and oxygen atoms in total. The van der Waals surface area contributed by atoms with E-state index in [1.165, 1.54) is 17.0 Å². The molecule has 0 spiro atoms. The fraction of sp³-hybridized carbons (Fsp3) is 0.577. The van der Waals surface area contributed by atoms with E-state index in [4.69, 9.17) is 17.2 Å². The number of aliphatic imine (C=N–C) groups is 1. The lowest BCUT2D eigenvalue weighted by molar-refractivity contribution is -0.143. The Bertz CT molecular complexity index is 1030. The summed E-state index contributed by atoms with van der Waals surface area (Å²) in [4.78, 5) is 56.8. The van der Waals surface area contributed by atoms with Crippen LogP contribution >= 0.6 is 0 Å². The zero-order chi connectivity index (χ0) is 29.1. The molecule has 3 amide bonds. The van der Waals surface area contributed by atoms with Gasteiger partial charge in [0.25, 0.3) is 0 Å². The lowest BCUT2D eigenvalue weighted by atomic mass is 9.98. The third-order valence-corrected chi connectivity index (χ3v) is 6.95. The van der Waals surface area contributed by atoms with Gasteiger partial charge in [0.2, 0.25) is 17.7 Å². The molecular formula is C26H41N7O6. The van der Waals surface area contributed by atoms with Crippen LogP contribution in [0.4, 0.5) is 0 Å². The summed E-state index contributed by atoms with van der Waals surface area (Å²) >= 11 is 0. The van der Waals surface area contributed by atoms with Crippen LogP contribution in [-0.4, -0.2) is 82.0 Å². The third kappa shape index (κ3) is 9.43. The fourth-order valence-electron chi connectivity index (χ4n) is 4.37. The lowest BCUT2D eigenvalue weighted by Crippen LogP contribution is -2.57. The van der Waals surface area contributed by atoms with E-state index in [2.05, 4.69) is 15.6 Å². The van der Waals surface area contributed by atoms with Crippen molar-refractivity contribution in [2.24, 2.45) is 28.1 Å². The molecule has 13 heteroatoms. The van der Waals surface area contributed by atoms with Crippen molar-refractivity contribution < 1.29 is 29.4 Å². The first-order valence-corrected chi connectivity index (χ1v) is 13.2. The van der Waals surface area contributed by atoms with Crippen molar-refractivity contribution in [2.75, 3.05) is 13.1 Å². The Morgan fingerprint density at radius 3 is 2.38 bits per heavy atom. The van der Waals surface area contributed by atoms with Gasteiger partial charge in [-0.25, -0.2) is 4.79 Å². The number of aromatic hydroxyl groups is 1. The van der Waals surface area contributed by atoms with Crippen LogP contribution in [0.5, 0.6) is 5.75 Å². The van der Waals surface area contributed by atoms with Gasteiger partial charge in [0, 0.05) is 19.5 Å². The van der Waals surface area contributed by atoms with Crippen LogP contribution in [0.15, 0.2) is 29.3 Å². The molecule has 5 atom stereocenters. The average molecular weight is 548 g/mol. The number of likely N-dealkylation sites (tertiary alicyclic amines) is 1. The Hall–Kier alpha value is -3.87. The van der Waals surface area contributed by atoms with Crippen LogP contribution in [0.3, 0.4) is 0 Å². The molecule has 1 aromatic rings. The summed E-state index contributed by atoms with van der Waals surface area (Å²) in [5, 5.41) is 24.4. The van der Waals surface area contributed by atoms with E-state index >= 15 is 0 Å². The zero-order valence-corrected chi connectivity index (χ0v) is 22.5. The van der Waals surface area contributed by atoms with Gasteiger partial charge in [0.05, 0.1) is 6.04 Å². The van der Waals surface area contributed by atoms with Gasteiger partial charge in [-0.3, -0.25) is 19.4 Å². The second-order valence-corrected chi connectivity index (χ2v) is 9.88. The largest absolute Gasteiger partial charge is 0.508 e. The minimum atomic E-state index is -1.28. The molecule has 5 unspecified atom stereocenters. The van der Waals surface area contributed by atoms with Crippen LogP contribution in [0.25, 0.3) is 0 Å². The smallest absolute Gasteiger partial charge is 0.326 e. The third-order valence-electron chi connectivity index (χ3n) is 6.95. The number of carboxylic acid groups (broad SMARTS) is 1. The Labute approximate surface area is 228 Å². The number of hydrogen-bond acceptors (Lipinski definition) is 7. The predicted octanol–water partition coefficient (Wildman–Crippen LogP) is -0.593. The van der Waals surface area contributed by atoms with E-state index < -0.39 is 42.0 Å². The van der Waals surface area contributed by atoms with E-state index in [1.807, 2.05) is 13.8 Å². The van der Waals surface area contributed by atoms with Crippen molar-refractivity contribution in [3.05, 3.63) is 29.8 Å². The van der Waals surface area contributed by atoms with Crippen molar-refractivity contribution in [3.8, 4) is 5.75 Å². The standard InChI is InChI=1S/C26H41N7O6/c1-3-15(2)21(27)24(37)33-13-5-7-20(33)23(36)31-18(6-4-12-30-26(28)29)22(35)32-19(25(38)39)14-16-8-10-17(34)11-9-16/h8-11,15,18-21,34H,3-7,12-14,27H2,1-2H3,(H,31,36)(H,32,35)(H,38,39)(H4,28,29,30). The molecule has 1 fully saturated rings. The number of benzene rings is 1. The number of phenols is 1. The first-order chi connectivity index (χ1) is 18.4. The molecule has 0 saturated carbocycles. The monoisotopic (exact) mass is 547 g/mol. The van der Waals surface area contributed by atoms with E-state index in [0.29, 0.717) is 37.8 Å². The molecule has 0 radical (unpaired) electrons. The van der Waals surface area contributed by atoms with Gasteiger partial charge in [0.15, 0.2) is 5.96 Å². The predicted molar refractivity (Wildman–Crippen MR) is 145 cm³/mol. The Balaban J connectivity index is 2.16. The molecule has 1 aromatic carbocycles. The summed E-state index contributed by atoms with van der Waals surface area (Å²) in [7, 11) is 0. The highest BCUT2D eigenvalue weighted by atomic mass is 16.4. The van der Waals surface area contributed by atoms with Crippen LogP contribution in [-0.2, 0) is 25.6 Å². The van der Waals surface area contributed by atoms with Gasteiger partial charge in [0.1, 0.15) is 23.9 Å². The van der Waals surface area contributed by atoms with Crippen LogP contribution in [0, 0.1) is 5.92 Å². The first-order valence-electron chi connectivity index (χ1n) is 13.2. The number of nitrogens with zero attached hydrogens (tertiary/aromatic N) is 2. The minimum absolute atomic E-state index is 0.0303. The van der Waals surface area contributed by atoms with E-state index in [-0.39, 0.29) is 42.9 Å². The molecule has 1 aliphatic heterocycles. The quantitative estimate of drug-likeness (QED) is 0.0895. The van der Waals surface area contributed by atoms with Gasteiger partial charge < -0.3 is 42.9 Å². The summed E-state index contributed by atoms with van der Waals surface area (Å²) in [6, 6.07) is 2.07. The highest BCUT2D eigenvalue weighted by Gasteiger charge is 2.38. The fourth-order valence-corrected chi connectivity index (χ4v) is 4.37. The number of carboxylic acids is 1. The SMILES string of the molecule is CCC(C)C(N)C(=O)N1CCCC1C(=O)NC(CCCN=C(N)N)C(=O)NC(Cc1ccc(O)cc1)C(=O)O. The van der Waals surface area contributed by atoms with Gasteiger partial charge in [-0.15, -0.1) is 0 Å². The minimum Gasteiger partial charge on any atom is -0.508 e. The maximum Gasteiger partial charge on any atom is 0.326 e.